The van der Waals surface area contributed by atoms with Crippen LogP contribution in [0, 0.1) is 20.8 Å². The highest BCUT2D eigenvalue weighted by Gasteiger charge is 2.44. The number of fused-ring (bicyclic) bond motifs is 1. The second kappa shape index (κ2) is 7.71. The molecule has 3 heteroatoms. The molecule has 1 aliphatic carbocycles. The number of pyridine rings is 1. The molecule has 0 radical (unpaired) electrons. The summed E-state index contributed by atoms with van der Waals surface area (Å²) in [6, 6.07) is 21.0. The number of nitrogens with zero attached hydrogens (tertiary/aromatic N) is 3. The van der Waals surface area contributed by atoms with Crippen molar-refractivity contribution in [2.75, 3.05) is 9.80 Å². The van der Waals surface area contributed by atoms with Crippen molar-refractivity contribution in [3.63, 3.8) is 0 Å². The van der Waals surface area contributed by atoms with Gasteiger partial charge in [0, 0.05) is 17.7 Å². The van der Waals surface area contributed by atoms with E-state index in [0.717, 1.165) is 0 Å². The van der Waals surface area contributed by atoms with Crippen LogP contribution in [-0.4, -0.2) is 12.2 Å². The summed E-state index contributed by atoms with van der Waals surface area (Å²) in [5, 5.41) is 0. The fraction of sp³-hybridized carbons (Fsp3) is 0.393. The number of hydrogen-bond acceptors (Lipinski definition) is 2. The Morgan fingerprint density at radius 1 is 0.806 bits per heavy atom. The summed E-state index contributed by atoms with van der Waals surface area (Å²) >= 11 is 0. The van der Waals surface area contributed by atoms with Crippen LogP contribution in [0.1, 0.15) is 49.3 Å². The van der Waals surface area contributed by atoms with Gasteiger partial charge in [-0.3, -0.25) is 0 Å². The SMILES string of the molecule is Cc1cc(C)c(-c2cccc(N3c4ccccc4N(C4CCCC4)[C@H]3C)[n+]2C)cc1C. The average Bonchev–Trinajstić information content (AvgIpc) is 3.37. The molecule has 3 nitrogen and oxygen atoms in total. The van der Waals surface area contributed by atoms with Crippen molar-refractivity contribution < 1.29 is 4.57 Å². The number of para-hydroxylation sites is 2. The highest BCUT2D eigenvalue weighted by molar-refractivity contribution is 5.82. The molecule has 5 rings (SSSR count). The van der Waals surface area contributed by atoms with Crippen LogP contribution in [0.5, 0.6) is 0 Å². The Morgan fingerprint density at radius 3 is 2.23 bits per heavy atom. The van der Waals surface area contributed by atoms with Crippen LogP contribution in [0.2, 0.25) is 0 Å². The zero-order valence-electron chi connectivity index (χ0n) is 19.5. The molecule has 2 heterocycles. The molecule has 3 aromatic rings. The zero-order chi connectivity index (χ0) is 21.7. The van der Waals surface area contributed by atoms with Gasteiger partial charge in [-0.25, -0.2) is 9.47 Å². The van der Waals surface area contributed by atoms with E-state index in [9.17, 15) is 0 Å². The summed E-state index contributed by atoms with van der Waals surface area (Å²) in [6.45, 7) is 9.00. The van der Waals surface area contributed by atoms with Crippen molar-refractivity contribution in [2.24, 2.45) is 7.05 Å². The molecule has 0 saturated heterocycles. The number of benzene rings is 2. The van der Waals surface area contributed by atoms with Crippen molar-refractivity contribution in [1.82, 2.24) is 0 Å². The van der Waals surface area contributed by atoms with Crippen LogP contribution in [0.15, 0.2) is 54.6 Å². The molecule has 31 heavy (non-hydrogen) atoms. The monoisotopic (exact) mass is 412 g/mol. The topological polar surface area (TPSA) is 10.4 Å². The number of hydrogen-bond donors (Lipinski definition) is 0. The molecular weight excluding hydrogens is 378 g/mol. The quantitative estimate of drug-likeness (QED) is 0.464. The summed E-state index contributed by atoms with van der Waals surface area (Å²) in [7, 11) is 2.22. The highest BCUT2D eigenvalue weighted by atomic mass is 15.4. The van der Waals surface area contributed by atoms with E-state index in [1.165, 1.54) is 70.8 Å². The van der Waals surface area contributed by atoms with Gasteiger partial charge in [0.15, 0.2) is 11.9 Å². The number of aryl methyl sites for hydroxylation is 3. The van der Waals surface area contributed by atoms with Crippen LogP contribution in [0.3, 0.4) is 0 Å². The maximum Gasteiger partial charge on any atom is 0.283 e. The molecule has 2 aromatic carbocycles. The molecule has 1 aromatic heterocycles. The molecular formula is C28H34N3+. The maximum absolute atomic E-state index is 2.68. The average molecular weight is 413 g/mol. The fourth-order valence-corrected chi connectivity index (χ4v) is 5.73. The first kappa shape index (κ1) is 20.1. The van der Waals surface area contributed by atoms with E-state index >= 15 is 0 Å². The van der Waals surface area contributed by atoms with Crippen molar-refractivity contribution >= 4 is 17.2 Å². The molecule has 1 aliphatic heterocycles. The van der Waals surface area contributed by atoms with Gasteiger partial charge in [-0.15, -0.1) is 0 Å². The van der Waals surface area contributed by atoms with Gasteiger partial charge in [-0.1, -0.05) is 31.0 Å². The molecule has 2 aliphatic rings. The summed E-state index contributed by atoms with van der Waals surface area (Å²) in [5.74, 6) is 1.25. The van der Waals surface area contributed by atoms with Gasteiger partial charge in [0.1, 0.15) is 5.69 Å². The van der Waals surface area contributed by atoms with E-state index in [4.69, 9.17) is 0 Å². The molecule has 0 amide bonds. The molecule has 0 spiro atoms. The largest absolute Gasteiger partial charge is 0.327 e. The van der Waals surface area contributed by atoms with Crippen molar-refractivity contribution in [3.05, 3.63) is 71.3 Å². The van der Waals surface area contributed by atoms with Gasteiger partial charge in [-0.2, -0.15) is 0 Å². The molecule has 1 fully saturated rings. The molecule has 160 valence electrons. The zero-order valence-corrected chi connectivity index (χ0v) is 19.5. The summed E-state index contributed by atoms with van der Waals surface area (Å²) in [5.41, 5.74) is 9.33. The molecule has 0 N–H and O–H groups in total. The Morgan fingerprint density at radius 2 is 1.48 bits per heavy atom. The summed E-state index contributed by atoms with van der Waals surface area (Å²) < 4.78 is 2.38. The van der Waals surface area contributed by atoms with E-state index < -0.39 is 0 Å². The minimum absolute atomic E-state index is 0.308. The standard InChI is InChI=1S/C28H34N3/c1-19-17-21(3)24(18-20(19)2)25-15-10-16-28(29(25)5)31-22(4)30(23-11-6-7-12-23)26-13-8-9-14-27(26)31/h8-10,13-18,22-23H,6-7,11-12H2,1-5H3/q+1/t22-/m1/s1. The van der Waals surface area contributed by atoms with Crippen molar-refractivity contribution in [1.29, 1.82) is 0 Å². The second-order valence-electron chi connectivity index (χ2n) is 9.42. The van der Waals surface area contributed by atoms with Crippen LogP contribution in [0.4, 0.5) is 17.2 Å². The third kappa shape index (κ3) is 3.22. The Bertz CT molecular complexity index is 1130. The summed E-state index contributed by atoms with van der Waals surface area (Å²) in [4.78, 5) is 5.21. The van der Waals surface area contributed by atoms with Gasteiger partial charge >= 0.3 is 0 Å². The lowest BCUT2D eigenvalue weighted by atomic mass is 9.98. The van der Waals surface area contributed by atoms with Gasteiger partial charge in [0.2, 0.25) is 0 Å². The molecule has 1 saturated carbocycles. The van der Waals surface area contributed by atoms with Crippen LogP contribution in [-0.2, 0) is 7.05 Å². The van der Waals surface area contributed by atoms with Gasteiger partial charge in [-0.05, 0) is 87.6 Å². The van der Waals surface area contributed by atoms with Crippen LogP contribution in [0.25, 0.3) is 11.3 Å². The Kier molecular flexibility index (Phi) is 5.00. The third-order valence-corrected chi connectivity index (χ3v) is 7.48. The predicted octanol–water partition coefficient (Wildman–Crippen LogP) is 6.35. The van der Waals surface area contributed by atoms with E-state index in [1.54, 1.807) is 0 Å². The number of anilines is 3. The first-order valence-corrected chi connectivity index (χ1v) is 11.7. The van der Waals surface area contributed by atoms with Crippen LogP contribution < -0.4 is 14.4 Å². The third-order valence-electron chi connectivity index (χ3n) is 7.48. The Balaban J connectivity index is 1.63. The lowest BCUT2D eigenvalue weighted by molar-refractivity contribution is -0.647. The molecule has 0 unspecified atom stereocenters. The summed E-state index contributed by atoms with van der Waals surface area (Å²) in [6.07, 6.45) is 5.63. The maximum atomic E-state index is 2.68. The first-order chi connectivity index (χ1) is 15.0. The molecule has 1 atom stereocenters. The van der Waals surface area contributed by atoms with Crippen molar-refractivity contribution in [3.8, 4) is 11.3 Å². The minimum atomic E-state index is 0.308. The number of rotatable bonds is 3. The Labute approximate surface area is 186 Å². The second-order valence-corrected chi connectivity index (χ2v) is 9.42. The Hall–Kier alpha value is -2.81. The smallest absolute Gasteiger partial charge is 0.283 e. The lowest BCUT2D eigenvalue weighted by Crippen LogP contribution is -2.48. The van der Waals surface area contributed by atoms with Crippen molar-refractivity contribution in [2.45, 2.75) is 65.6 Å². The predicted molar refractivity (Wildman–Crippen MR) is 130 cm³/mol. The highest BCUT2D eigenvalue weighted by Crippen LogP contribution is 2.46. The van der Waals surface area contributed by atoms with Gasteiger partial charge in [0.25, 0.3) is 5.82 Å². The van der Waals surface area contributed by atoms with Crippen LogP contribution >= 0.6 is 0 Å². The lowest BCUT2D eigenvalue weighted by Gasteiger charge is -2.30. The normalized spacial score (nSPS) is 18.7. The van der Waals surface area contributed by atoms with Gasteiger partial charge in [0.05, 0.1) is 12.7 Å². The first-order valence-electron chi connectivity index (χ1n) is 11.7. The van der Waals surface area contributed by atoms with Gasteiger partial charge < -0.3 is 4.90 Å². The molecule has 0 bridgehead atoms. The van der Waals surface area contributed by atoms with E-state index in [2.05, 4.69) is 104 Å². The fourth-order valence-electron chi connectivity index (χ4n) is 5.73. The van der Waals surface area contributed by atoms with E-state index in [0.29, 0.717) is 12.2 Å². The minimum Gasteiger partial charge on any atom is -0.327 e. The van der Waals surface area contributed by atoms with E-state index in [-0.39, 0.29) is 0 Å². The number of aromatic nitrogens is 1. The van der Waals surface area contributed by atoms with E-state index in [1.807, 2.05) is 0 Å².